The molecule has 1 unspecified atom stereocenters. The van der Waals surface area contributed by atoms with Crippen LogP contribution in [0.15, 0.2) is 48.5 Å². The highest BCUT2D eigenvalue weighted by Crippen LogP contribution is 2.51. The van der Waals surface area contributed by atoms with Gasteiger partial charge in [0.25, 0.3) is 11.8 Å². The minimum Gasteiger partial charge on any atom is -0.274 e. The highest BCUT2D eigenvalue weighted by molar-refractivity contribution is 7.29. The molecule has 0 radical (unpaired) electrons. The molecule has 5 aromatic heterocycles. The standard InChI is InChI=1S/C50H65NO2S5Si/c1-9-11-13-20-32-50(4,5)47-45-44(48(52)51(49(45)53)33-21-17-15-14-16-18-22-34-59(6,7)8)46(58-47)43-31-30-42(57-43)41-29-28-40(56-41)39-27-26-38(55-39)37-25-24-36(54-37)35(3)23-19-12-10-2/h24-31,35H,9-21,23,32-33H2,1-8H3. The highest BCUT2D eigenvalue weighted by Gasteiger charge is 2.44. The predicted molar refractivity (Wildman–Crippen MR) is 266 cm³/mol. The topological polar surface area (TPSA) is 37.4 Å². The van der Waals surface area contributed by atoms with Crippen molar-refractivity contribution in [2.24, 2.45) is 0 Å². The van der Waals surface area contributed by atoms with Crippen molar-refractivity contribution in [3.8, 4) is 50.5 Å². The fourth-order valence-electron chi connectivity index (χ4n) is 7.89. The van der Waals surface area contributed by atoms with Crippen LogP contribution in [-0.2, 0) is 5.41 Å². The van der Waals surface area contributed by atoms with Crippen molar-refractivity contribution in [1.82, 2.24) is 4.90 Å². The first-order valence-corrected chi connectivity index (χ1v) is 29.8. The van der Waals surface area contributed by atoms with Gasteiger partial charge in [-0.2, -0.15) is 0 Å². The number of imide groups is 1. The number of amides is 2. The molecule has 9 heteroatoms. The van der Waals surface area contributed by atoms with Gasteiger partial charge in [-0.05, 0) is 85.5 Å². The molecular formula is C50H65NO2S5Si. The Balaban J connectivity index is 1.17. The van der Waals surface area contributed by atoms with Gasteiger partial charge in [0, 0.05) is 56.9 Å². The van der Waals surface area contributed by atoms with Crippen LogP contribution in [0.4, 0.5) is 0 Å². The number of carbonyl (C=O) groups excluding carboxylic acids is 2. The van der Waals surface area contributed by atoms with Gasteiger partial charge in [0.1, 0.15) is 8.07 Å². The van der Waals surface area contributed by atoms with Crippen LogP contribution in [0.25, 0.3) is 39.0 Å². The molecule has 6 heterocycles. The van der Waals surface area contributed by atoms with Crippen molar-refractivity contribution < 1.29 is 9.59 Å². The van der Waals surface area contributed by atoms with Crippen LogP contribution >= 0.6 is 56.7 Å². The van der Waals surface area contributed by atoms with Gasteiger partial charge in [0.2, 0.25) is 0 Å². The second-order valence-corrected chi connectivity index (χ2v) is 28.3. The van der Waals surface area contributed by atoms with Crippen LogP contribution < -0.4 is 0 Å². The predicted octanol–water partition coefficient (Wildman–Crippen LogP) is 17.4. The van der Waals surface area contributed by atoms with Crippen LogP contribution in [-0.4, -0.2) is 31.3 Å². The third-order valence-corrected chi connectivity index (χ3v) is 19.2. The van der Waals surface area contributed by atoms with Crippen LogP contribution in [0, 0.1) is 11.5 Å². The summed E-state index contributed by atoms with van der Waals surface area (Å²) in [5.41, 5.74) is 4.61. The summed E-state index contributed by atoms with van der Waals surface area (Å²) < 4.78 is 0. The third-order valence-electron chi connectivity index (χ3n) is 11.4. The SMILES string of the molecule is CCCCCCC(C)(C)c1sc(-c2ccc(-c3ccc(-c4ccc(-c5ccc(C(C)CCCCC)s5)s4)s3)s2)c2c1C(=O)N(CCCCCCCC#C[Si](C)(C)C)C2=O. The van der Waals surface area contributed by atoms with E-state index in [4.69, 9.17) is 0 Å². The van der Waals surface area contributed by atoms with E-state index >= 15 is 0 Å². The fraction of sp³-hybridized carbons (Fsp3) is 0.520. The van der Waals surface area contributed by atoms with Crippen molar-refractivity contribution >= 4 is 76.6 Å². The summed E-state index contributed by atoms with van der Waals surface area (Å²) in [6, 6.07) is 18.1. The summed E-state index contributed by atoms with van der Waals surface area (Å²) in [7, 11) is -1.31. The normalized spacial score (nSPS) is 13.7. The van der Waals surface area contributed by atoms with Gasteiger partial charge < -0.3 is 0 Å². The van der Waals surface area contributed by atoms with Crippen LogP contribution in [0.2, 0.25) is 19.6 Å². The molecule has 0 bridgehead atoms. The molecule has 1 aliphatic heterocycles. The molecule has 0 aromatic carbocycles. The highest BCUT2D eigenvalue weighted by atomic mass is 32.1. The zero-order valence-electron chi connectivity index (χ0n) is 36.8. The van der Waals surface area contributed by atoms with E-state index < -0.39 is 8.07 Å². The van der Waals surface area contributed by atoms with Crippen LogP contribution in [0.5, 0.6) is 0 Å². The van der Waals surface area contributed by atoms with Crippen LogP contribution in [0.1, 0.15) is 167 Å². The second-order valence-electron chi connectivity index (χ2n) is 18.1. The molecule has 0 aliphatic carbocycles. The first-order valence-electron chi connectivity index (χ1n) is 22.3. The lowest BCUT2D eigenvalue weighted by Gasteiger charge is -2.25. The molecule has 0 N–H and O–H groups in total. The fourth-order valence-corrected chi connectivity index (χ4v) is 14.5. The summed E-state index contributed by atoms with van der Waals surface area (Å²) in [6.07, 6.45) is 17.1. The lowest BCUT2D eigenvalue weighted by atomic mass is 9.83. The summed E-state index contributed by atoms with van der Waals surface area (Å²) in [4.78, 5) is 42.5. The van der Waals surface area contributed by atoms with Crippen molar-refractivity contribution in [2.75, 3.05) is 6.54 Å². The third kappa shape index (κ3) is 11.7. The smallest absolute Gasteiger partial charge is 0.263 e. The molecule has 2 amide bonds. The number of thiophene rings is 5. The van der Waals surface area contributed by atoms with E-state index in [-0.39, 0.29) is 17.2 Å². The molecule has 0 fully saturated rings. The van der Waals surface area contributed by atoms with E-state index in [0.717, 1.165) is 66.0 Å². The zero-order valence-corrected chi connectivity index (χ0v) is 41.9. The van der Waals surface area contributed by atoms with Gasteiger partial charge in [-0.15, -0.1) is 68.1 Å². The Morgan fingerprint density at radius 3 is 1.75 bits per heavy atom. The van der Waals surface area contributed by atoms with Crippen molar-refractivity contribution in [3.05, 3.63) is 69.4 Å². The Hall–Kier alpha value is -2.58. The Morgan fingerprint density at radius 1 is 0.610 bits per heavy atom. The van der Waals surface area contributed by atoms with E-state index in [9.17, 15) is 9.59 Å². The van der Waals surface area contributed by atoms with E-state index in [0.29, 0.717) is 23.6 Å². The van der Waals surface area contributed by atoms with Gasteiger partial charge in [-0.3, -0.25) is 14.5 Å². The Morgan fingerprint density at radius 2 is 1.12 bits per heavy atom. The molecule has 1 aliphatic rings. The lowest BCUT2D eigenvalue weighted by molar-refractivity contribution is 0.0650. The minimum atomic E-state index is -1.31. The maximum atomic E-state index is 14.3. The summed E-state index contributed by atoms with van der Waals surface area (Å²) >= 11 is 9.13. The maximum absolute atomic E-state index is 14.3. The zero-order chi connectivity index (χ0) is 42.2. The molecule has 59 heavy (non-hydrogen) atoms. The molecule has 0 saturated heterocycles. The van der Waals surface area contributed by atoms with Crippen LogP contribution in [0.3, 0.4) is 0 Å². The number of nitrogens with zero attached hydrogens (tertiary/aromatic N) is 1. The van der Waals surface area contributed by atoms with E-state index in [1.54, 1.807) is 27.6 Å². The Bertz CT molecular complexity index is 2230. The van der Waals surface area contributed by atoms with Gasteiger partial charge in [-0.25, -0.2) is 0 Å². The number of unbranched alkanes of at least 4 members (excludes halogenated alkanes) is 10. The summed E-state index contributed by atoms with van der Waals surface area (Å²) in [5.74, 6) is 3.82. The van der Waals surface area contributed by atoms with E-state index in [1.807, 2.05) is 34.0 Å². The number of fused-ring (bicyclic) bond motifs is 1. The largest absolute Gasteiger partial charge is 0.274 e. The van der Waals surface area contributed by atoms with Gasteiger partial charge >= 0.3 is 0 Å². The number of hydrogen-bond acceptors (Lipinski definition) is 7. The lowest BCUT2D eigenvalue weighted by Crippen LogP contribution is -2.31. The molecular weight excluding hydrogens is 835 g/mol. The molecule has 3 nitrogen and oxygen atoms in total. The molecule has 6 rings (SSSR count). The number of rotatable bonds is 22. The maximum Gasteiger partial charge on any atom is 0.263 e. The minimum absolute atomic E-state index is 0.0824. The quantitative estimate of drug-likeness (QED) is 0.0300. The molecule has 1 atom stereocenters. The van der Waals surface area contributed by atoms with Gasteiger partial charge in [0.05, 0.1) is 16.0 Å². The summed E-state index contributed by atoms with van der Waals surface area (Å²) in [6.45, 7) is 18.8. The van der Waals surface area contributed by atoms with Crippen molar-refractivity contribution in [3.63, 3.8) is 0 Å². The molecule has 316 valence electrons. The molecule has 0 spiro atoms. The first-order chi connectivity index (χ1) is 28.3. The van der Waals surface area contributed by atoms with Crippen molar-refractivity contribution in [2.45, 2.75) is 162 Å². The Labute approximate surface area is 376 Å². The van der Waals surface area contributed by atoms with E-state index in [2.05, 4.69) is 114 Å². The average molecular weight is 900 g/mol. The molecule has 5 aromatic rings. The van der Waals surface area contributed by atoms with Gasteiger partial charge in [0.15, 0.2) is 0 Å². The molecule has 0 saturated carbocycles. The number of carbonyl (C=O) groups is 2. The Kier molecular flexibility index (Phi) is 16.3. The van der Waals surface area contributed by atoms with Crippen molar-refractivity contribution in [1.29, 1.82) is 0 Å². The van der Waals surface area contributed by atoms with E-state index in [1.165, 1.54) is 79.1 Å². The second kappa shape index (κ2) is 21.0. The average Bonchev–Trinajstić information content (AvgIpc) is 4.05. The monoisotopic (exact) mass is 899 g/mol. The van der Waals surface area contributed by atoms with Gasteiger partial charge in [-0.1, -0.05) is 118 Å². The summed E-state index contributed by atoms with van der Waals surface area (Å²) in [5, 5.41) is 0. The first kappa shape index (κ1) is 45.9. The number of hydrogen-bond donors (Lipinski definition) is 0.